The van der Waals surface area contributed by atoms with Crippen LogP contribution in [0.4, 0.5) is 0 Å². The molecule has 0 radical (unpaired) electrons. The molecule has 1 aromatic heterocycles. The third kappa shape index (κ3) is 5.77. The highest BCUT2D eigenvalue weighted by molar-refractivity contribution is 14.0. The molecule has 130 valence electrons. The highest BCUT2D eigenvalue weighted by atomic mass is 127. The third-order valence-electron chi connectivity index (χ3n) is 4.48. The molecule has 3 rings (SSSR count). The summed E-state index contributed by atoms with van der Waals surface area (Å²) in [6.07, 6.45) is 4.82. The Kier molecular flexibility index (Phi) is 7.55. The van der Waals surface area contributed by atoms with Gasteiger partial charge in [-0.15, -0.1) is 35.3 Å². The van der Waals surface area contributed by atoms with Gasteiger partial charge in [0.2, 0.25) is 0 Å². The van der Waals surface area contributed by atoms with E-state index in [1.54, 1.807) is 0 Å². The van der Waals surface area contributed by atoms with Gasteiger partial charge in [-0.3, -0.25) is 4.99 Å². The molecule has 0 unspecified atom stereocenters. The summed E-state index contributed by atoms with van der Waals surface area (Å²) in [5.74, 6) is 0.917. The van der Waals surface area contributed by atoms with Crippen molar-refractivity contribution in [3.63, 3.8) is 0 Å². The van der Waals surface area contributed by atoms with Crippen molar-refractivity contribution >= 4 is 41.3 Å². The number of hydrogen-bond donors (Lipinski definition) is 2. The smallest absolute Gasteiger partial charge is 0.191 e. The van der Waals surface area contributed by atoms with Crippen molar-refractivity contribution in [2.45, 2.75) is 25.7 Å². The second-order valence-corrected chi connectivity index (χ2v) is 7.38. The van der Waals surface area contributed by atoms with Crippen molar-refractivity contribution in [3.8, 4) is 0 Å². The molecule has 3 nitrogen and oxygen atoms in total. The maximum atomic E-state index is 4.34. The minimum atomic E-state index is 0. The van der Waals surface area contributed by atoms with E-state index in [4.69, 9.17) is 0 Å². The molecule has 1 aliphatic carbocycles. The van der Waals surface area contributed by atoms with Gasteiger partial charge >= 0.3 is 0 Å². The van der Waals surface area contributed by atoms with Crippen molar-refractivity contribution in [3.05, 3.63) is 58.3 Å². The van der Waals surface area contributed by atoms with Crippen LogP contribution in [-0.4, -0.2) is 26.1 Å². The molecule has 0 saturated heterocycles. The number of rotatable bonds is 7. The van der Waals surface area contributed by atoms with E-state index in [0.717, 1.165) is 31.9 Å². The summed E-state index contributed by atoms with van der Waals surface area (Å²) >= 11 is 1.81. The Hall–Kier alpha value is -1.08. The van der Waals surface area contributed by atoms with Gasteiger partial charge in [0.25, 0.3) is 0 Å². The van der Waals surface area contributed by atoms with Crippen LogP contribution in [0, 0.1) is 5.41 Å². The fraction of sp³-hybridized carbons (Fsp3) is 0.421. The standard InChI is InChI=1S/C19H25N3S.HI/c1-20-18(21-12-9-17-8-5-13-23-17)22-15-19(10-11-19)14-16-6-3-2-4-7-16;/h2-8,13H,9-12,14-15H2,1H3,(H2,20,21,22);1H. The lowest BCUT2D eigenvalue weighted by atomic mass is 9.96. The van der Waals surface area contributed by atoms with E-state index in [1.165, 1.54) is 23.3 Å². The lowest BCUT2D eigenvalue weighted by Gasteiger charge is -2.18. The molecule has 0 atom stereocenters. The van der Waals surface area contributed by atoms with Crippen molar-refractivity contribution < 1.29 is 0 Å². The molecule has 0 amide bonds. The molecule has 0 aliphatic heterocycles. The second-order valence-electron chi connectivity index (χ2n) is 6.34. The van der Waals surface area contributed by atoms with E-state index < -0.39 is 0 Å². The maximum Gasteiger partial charge on any atom is 0.191 e. The summed E-state index contributed by atoms with van der Waals surface area (Å²) in [5, 5.41) is 9.06. The first kappa shape index (κ1) is 19.2. The zero-order valence-electron chi connectivity index (χ0n) is 14.1. The largest absolute Gasteiger partial charge is 0.356 e. The minimum Gasteiger partial charge on any atom is -0.356 e. The van der Waals surface area contributed by atoms with E-state index >= 15 is 0 Å². The summed E-state index contributed by atoms with van der Waals surface area (Å²) < 4.78 is 0. The summed E-state index contributed by atoms with van der Waals surface area (Å²) in [5.41, 5.74) is 1.86. The number of nitrogens with zero attached hydrogens (tertiary/aromatic N) is 1. The molecule has 0 bridgehead atoms. The van der Waals surface area contributed by atoms with Crippen molar-refractivity contribution in [2.24, 2.45) is 10.4 Å². The van der Waals surface area contributed by atoms with Gasteiger partial charge in [-0.25, -0.2) is 0 Å². The molecule has 2 aromatic rings. The first-order valence-corrected chi connectivity index (χ1v) is 9.18. The molecule has 1 heterocycles. The average Bonchev–Trinajstić information content (AvgIpc) is 3.14. The van der Waals surface area contributed by atoms with Crippen LogP contribution in [0.2, 0.25) is 0 Å². The molecule has 1 fully saturated rings. The van der Waals surface area contributed by atoms with Crippen LogP contribution < -0.4 is 10.6 Å². The summed E-state index contributed by atoms with van der Waals surface area (Å²) in [6, 6.07) is 15.1. The Bertz CT molecular complexity index is 621. The molecule has 0 spiro atoms. The number of guanidine groups is 1. The van der Waals surface area contributed by atoms with Crippen LogP contribution in [0.5, 0.6) is 0 Å². The number of hydrogen-bond acceptors (Lipinski definition) is 2. The quantitative estimate of drug-likeness (QED) is 0.375. The number of thiophene rings is 1. The average molecular weight is 455 g/mol. The fourth-order valence-corrected chi connectivity index (χ4v) is 3.58. The third-order valence-corrected chi connectivity index (χ3v) is 5.41. The molecule has 1 saturated carbocycles. The van der Waals surface area contributed by atoms with Crippen LogP contribution in [0.25, 0.3) is 0 Å². The van der Waals surface area contributed by atoms with Crippen LogP contribution in [-0.2, 0) is 12.8 Å². The van der Waals surface area contributed by atoms with Gasteiger partial charge in [0, 0.05) is 25.0 Å². The lowest BCUT2D eigenvalue weighted by molar-refractivity contribution is 0.492. The Morgan fingerprint density at radius 2 is 1.92 bits per heavy atom. The zero-order chi connectivity index (χ0) is 16.0. The molecule has 24 heavy (non-hydrogen) atoms. The van der Waals surface area contributed by atoms with Crippen molar-refractivity contribution in [1.29, 1.82) is 0 Å². The second kappa shape index (κ2) is 9.42. The molecule has 5 heteroatoms. The summed E-state index contributed by atoms with van der Waals surface area (Å²) in [7, 11) is 1.84. The van der Waals surface area contributed by atoms with Gasteiger partial charge in [0.1, 0.15) is 0 Å². The maximum absolute atomic E-state index is 4.34. The van der Waals surface area contributed by atoms with E-state index in [9.17, 15) is 0 Å². The normalized spacial score (nSPS) is 15.5. The van der Waals surface area contributed by atoms with Crippen molar-refractivity contribution in [2.75, 3.05) is 20.1 Å². The number of aliphatic imine (C=N–C) groups is 1. The Balaban J connectivity index is 0.00000208. The van der Waals surface area contributed by atoms with Gasteiger partial charge in [0.15, 0.2) is 5.96 Å². The van der Waals surface area contributed by atoms with E-state index in [0.29, 0.717) is 5.41 Å². The first-order chi connectivity index (χ1) is 11.3. The van der Waals surface area contributed by atoms with Gasteiger partial charge in [-0.1, -0.05) is 36.4 Å². The Morgan fingerprint density at radius 3 is 2.54 bits per heavy atom. The highest BCUT2D eigenvalue weighted by Crippen LogP contribution is 2.47. The van der Waals surface area contributed by atoms with E-state index in [1.807, 2.05) is 18.4 Å². The van der Waals surface area contributed by atoms with Crippen LogP contribution >= 0.6 is 35.3 Å². The molecule has 1 aliphatic rings. The van der Waals surface area contributed by atoms with E-state index in [-0.39, 0.29) is 24.0 Å². The zero-order valence-corrected chi connectivity index (χ0v) is 17.3. The lowest BCUT2D eigenvalue weighted by Crippen LogP contribution is -2.41. The fourth-order valence-electron chi connectivity index (χ4n) is 2.87. The Morgan fingerprint density at radius 1 is 1.12 bits per heavy atom. The molecule has 2 N–H and O–H groups in total. The van der Waals surface area contributed by atoms with Crippen molar-refractivity contribution in [1.82, 2.24) is 10.6 Å². The van der Waals surface area contributed by atoms with Gasteiger partial charge in [0.05, 0.1) is 0 Å². The van der Waals surface area contributed by atoms with Crippen LogP contribution in [0.15, 0.2) is 52.8 Å². The number of nitrogens with one attached hydrogen (secondary N) is 2. The molecular weight excluding hydrogens is 429 g/mol. The predicted molar refractivity (Wildman–Crippen MR) is 115 cm³/mol. The van der Waals surface area contributed by atoms with Gasteiger partial charge in [-0.05, 0) is 48.1 Å². The predicted octanol–water partition coefficient (Wildman–Crippen LogP) is 4.10. The monoisotopic (exact) mass is 455 g/mol. The number of benzene rings is 1. The van der Waals surface area contributed by atoms with Gasteiger partial charge < -0.3 is 10.6 Å². The molecule has 1 aromatic carbocycles. The Labute approximate surface area is 166 Å². The summed E-state index contributed by atoms with van der Waals surface area (Å²) in [6.45, 7) is 1.92. The summed E-state index contributed by atoms with van der Waals surface area (Å²) in [4.78, 5) is 5.76. The first-order valence-electron chi connectivity index (χ1n) is 8.31. The van der Waals surface area contributed by atoms with Gasteiger partial charge in [-0.2, -0.15) is 0 Å². The number of halogens is 1. The minimum absolute atomic E-state index is 0. The molecular formula is C19H26IN3S. The highest BCUT2D eigenvalue weighted by Gasteiger charge is 2.42. The van der Waals surface area contributed by atoms with E-state index in [2.05, 4.69) is 63.5 Å². The van der Waals surface area contributed by atoms with Crippen LogP contribution in [0.1, 0.15) is 23.3 Å². The topological polar surface area (TPSA) is 36.4 Å². The van der Waals surface area contributed by atoms with Crippen LogP contribution in [0.3, 0.4) is 0 Å². The SMILES string of the molecule is CN=C(NCCc1cccs1)NCC1(Cc2ccccc2)CC1.I.